The Morgan fingerprint density at radius 1 is 1.53 bits per heavy atom. The highest BCUT2D eigenvalue weighted by Crippen LogP contribution is 2.19. The van der Waals surface area contributed by atoms with Crippen LogP contribution in [0.25, 0.3) is 0 Å². The van der Waals surface area contributed by atoms with Gasteiger partial charge in [-0.25, -0.2) is 0 Å². The van der Waals surface area contributed by atoms with Crippen LogP contribution in [0.4, 0.5) is 11.5 Å². The Bertz CT molecular complexity index is 390. The van der Waals surface area contributed by atoms with Gasteiger partial charge in [0.2, 0.25) is 0 Å². The maximum absolute atomic E-state index is 10.5. The van der Waals surface area contributed by atoms with Crippen LogP contribution in [0.2, 0.25) is 0 Å². The normalized spacial score (nSPS) is 10.1. The van der Waals surface area contributed by atoms with Gasteiger partial charge < -0.3 is 20.5 Å². The van der Waals surface area contributed by atoms with Crippen molar-refractivity contribution in [2.24, 2.45) is 0 Å². The minimum Gasteiger partial charge on any atom is -0.481 e. The van der Waals surface area contributed by atoms with E-state index >= 15 is 0 Å². The van der Waals surface area contributed by atoms with Gasteiger partial charge in [-0.15, -0.1) is 5.10 Å². The van der Waals surface area contributed by atoms with E-state index in [0.29, 0.717) is 18.7 Å². The highest BCUT2D eigenvalue weighted by atomic mass is 16.6. The first-order chi connectivity index (χ1) is 8.11. The van der Waals surface area contributed by atoms with Crippen molar-refractivity contribution in [3.63, 3.8) is 0 Å². The number of carbonyl (C=O) groups is 1. The van der Waals surface area contributed by atoms with Crippen molar-refractivity contribution in [3.05, 3.63) is 16.3 Å². The summed E-state index contributed by atoms with van der Waals surface area (Å²) in [6, 6.07) is 0. The number of aromatic amines is 1. The number of rotatable bonds is 8. The fourth-order valence-electron chi connectivity index (χ4n) is 1.35. The van der Waals surface area contributed by atoms with Crippen molar-refractivity contribution >= 4 is 17.5 Å². The first-order valence-electron chi connectivity index (χ1n) is 5.24. The molecule has 0 fully saturated rings. The number of nitrogens with zero attached hydrogens (tertiary/aromatic N) is 2. The molecule has 0 aliphatic rings. The van der Waals surface area contributed by atoms with E-state index in [1.165, 1.54) is 6.20 Å². The first-order valence-corrected chi connectivity index (χ1v) is 5.24. The van der Waals surface area contributed by atoms with Gasteiger partial charge in [-0.3, -0.25) is 4.79 Å². The molecule has 0 saturated heterocycles. The zero-order chi connectivity index (χ0) is 12.7. The van der Waals surface area contributed by atoms with Crippen molar-refractivity contribution in [1.29, 1.82) is 0 Å². The molecule has 0 aliphatic carbocycles. The summed E-state index contributed by atoms with van der Waals surface area (Å²) in [5.41, 5.74) is 0.355. The number of aliphatic carboxylic acids is 1. The van der Waals surface area contributed by atoms with E-state index in [2.05, 4.69) is 15.5 Å². The number of aromatic nitrogens is 2. The summed E-state index contributed by atoms with van der Waals surface area (Å²) in [5, 5.41) is 27.7. The Hall–Kier alpha value is -2.12. The third-order valence-corrected chi connectivity index (χ3v) is 2.18. The summed E-state index contributed by atoms with van der Waals surface area (Å²) in [5.74, 6) is -0.959. The number of nitrogens with one attached hydrogen (secondary N) is 2. The lowest BCUT2D eigenvalue weighted by Gasteiger charge is -2.02. The van der Waals surface area contributed by atoms with E-state index in [4.69, 9.17) is 5.11 Å². The zero-order valence-corrected chi connectivity index (χ0v) is 9.18. The smallest absolute Gasteiger partial charge is 0.366 e. The third-order valence-electron chi connectivity index (χ3n) is 2.18. The molecule has 0 atom stereocenters. The molecule has 3 N–H and O–H groups in total. The van der Waals surface area contributed by atoms with Gasteiger partial charge in [0.15, 0.2) is 5.69 Å². The number of H-pyrrole nitrogens is 1. The van der Waals surface area contributed by atoms with E-state index in [1.807, 2.05) is 0 Å². The fraction of sp³-hybridized carbons (Fsp3) is 0.556. The van der Waals surface area contributed by atoms with Crippen LogP contribution in [0, 0.1) is 10.1 Å². The molecule has 94 valence electrons. The third kappa shape index (κ3) is 4.49. The van der Waals surface area contributed by atoms with Crippen LogP contribution >= 0.6 is 0 Å². The molecular weight excluding hydrogens is 228 g/mol. The lowest BCUT2D eigenvalue weighted by molar-refractivity contribution is -0.388. The van der Waals surface area contributed by atoms with Crippen LogP contribution in [0.15, 0.2) is 6.20 Å². The summed E-state index contributed by atoms with van der Waals surface area (Å²) in [4.78, 5) is 20.2. The number of hydrogen-bond donors (Lipinski definition) is 3. The van der Waals surface area contributed by atoms with E-state index in [-0.39, 0.29) is 12.2 Å². The summed E-state index contributed by atoms with van der Waals surface area (Å²) >= 11 is 0. The number of hydrogen-bond acceptors (Lipinski definition) is 5. The van der Waals surface area contributed by atoms with Gasteiger partial charge in [0, 0.05) is 13.0 Å². The number of unbranched alkanes of at least 4 members (excludes halogenated alkanes) is 2. The molecule has 1 aromatic heterocycles. The van der Waals surface area contributed by atoms with Crippen LogP contribution in [-0.4, -0.2) is 32.7 Å². The van der Waals surface area contributed by atoms with Gasteiger partial charge in [-0.05, 0) is 17.8 Å². The van der Waals surface area contributed by atoms with Crippen molar-refractivity contribution < 1.29 is 14.8 Å². The molecular formula is C9H14N4O4. The first kappa shape index (κ1) is 12.9. The molecule has 0 radical (unpaired) electrons. The minimum atomic E-state index is -0.802. The van der Waals surface area contributed by atoms with Gasteiger partial charge in [-0.2, -0.15) is 0 Å². The summed E-state index contributed by atoms with van der Waals surface area (Å²) in [7, 11) is 0. The van der Waals surface area contributed by atoms with Crippen LogP contribution in [0.5, 0.6) is 0 Å². The molecule has 0 amide bonds. The van der Waals surface area contributed by atoms with Crippen molar-refractivity contribution in [1.82, 2.24) is 10.2 Å². The van der Waals surface area contributed by atoms with Gasteiger partial charge in [0.1, 0.15) is 6.20 Å². The van der Waals surface area contributed by atoms with E-state index in [1.54, 1.807) is 0 Å². The van der Waals surface area contributed by atoms with Crippen molar-refractivity contribution in [3.8, 4) is 0 Å². The average molecular weight is 242 g/mol. The molecule has 1 rings (SSSR count). The predicted molar refractivity (Wildman–Crippen MR) is 59.8 cm³/mol. The van der Waals surface area contributed by atoms with E-state index in [9.17, 15) is 14.9 Å². The molecule has 0 aromatic carbocycles. The molecule has 0 spiro atoms. The Labute approximate surface area is 97.2 Å². The standard InChI is InChI=1S/C9H14N4O4/c14-8(15)4-2-1-3-5-10-7-6-11-12-9(7)13(16)17/h6,10H,1-5H2,(H,11,12)(H,14,15). The van der Waals surface area contributed by atoms with Crippen LogP contribution in [-0.2, 0) is 4.79 Å². The number of carboxylic acids is 1. The maximum atomic E-state index is 10.5. The quantitative estimate of drug-likeness (QED) is 0.359. The average Bonchev–Trinajstić information content (AvgIpc) is 2.71. The number of nitro groups is 1. The monoisotopic (exact) mass is 242 g/mol. The summed E-state index contributed by atoms with van der Waals surface area (Å²) in [6.07, 6.45) is 3.66. The molecule has 0 aliphatic heterocycles. The largest absolute Gasteiger partial charge is 0.481 e. The Morgan fingerprint density at radius 3 is 2.94 bits per heavy atom. The highest BCUT2D eigenvalue weighted by molar-refractivity contribution is 5.66. The Balaban J connectivity index is 2.20. The lowest BCUT2D eigenvalue weighted by Crippen LogP contribution is -2.03. The number of carboxylic acid groups (broad SMARTS) is 1. The van der Waals surface area contributed by atoms with Crippen molar-refractivity contribution in [2.75, 3.05) is 11.9 Å². The zero-order valence-electron chi connectivity index (χ0n) is 9.18. The fourth-order valence-corrected chi connectivity index (χ4v) is 1.35. The van der Waals surface area contributed by atoms with Gasteiger partial charge in [0.25, 0.3) is 0 Å². The second-order valence-corrected chi connectivity index (χ2v) is 3.52. The molecule has 17 heavy (non-hydrogen) atoms. The van der Waals surface area contributed by atoms with Gasteiger partial charge in [-0.1, -0.05) is 11.5 Å². The van der Waals surface area contributed by atoms with Crippen LogP contribution < -0.4 is 5.32 Å². The van der Waals surface area contributed by atoms with E-state index in [0.717, 1.165) is 12.8 Å². The maximum Gasteiger partial charge on any atom is 0.366 e. The predicted octanol–water partition coefficient (Wildman–Crippen LogP) is 1.37. The lowest BCUT2D eigenvalue weighted by atomic mass is 10.2. The summed E-state index contributed by atoms with van der Waals surface area (Å²) in [6.45, 7) is 0.556. The minimum absolute atomic E-state index is 0.157. The van der Waals surface area contributed by atoms with Gasteiger partial charge >= 0.3 is 11.8 Å². The SMILES string of the molecule is O=C(O)CCCCCNc1cn[nH]c1[N+](=O)[O-]. The van der Waals surface area contributed by atoms with E-state index < -0.39 is 10.9 Å². The second-order valence-electron chi connectivity index (χ2n) is 3.52. The molecule has 0 unspecified atom stereocenters. The molecule has 8 nitrogen and oxygen atoms in total. The molecule has 8 heteroatoms. The molecule has 0 saturated carbocycles. The van der Waals surface area contributed by atoms with Crippen molar-refractivity contribution in [2.45, 2.75) is 25.7 Å². The Kier molecular flexibility index (Phi) is 4.92. The molecule has 1 heterocycles. The van der Waals surface area contributed by atoms with Crippen LogP contribution in [0.3, 0.4) is 0 Å². The number of anilines is 1. The van der Waals surface area contributed by atoms with Crippen LogP contribution in [0.1, 0.15) is 25.7 Å². The Morgan fingerprint density at radius 2 is 2.29 bits per heavy atom. The summed E-state index contributed by atoms with van der Waals surface area (Å²) < 4.78 is 0. The highest BCUT2D eigenvalue weighted by Gasteiger charge is 2.13. The molecule has 1 aromatic rings. The molecule has 0 bridgehead atoms. The topological polar surface area (TPSA) is 121 Å². The van der Waals surface area contributed by atoms with Gasteiger partial charge in [0.05, 0.1) is 0 Å². The second kappa shape index (κ2) is 6.46.